The summed E-state index contributed by atoms with van der Waals surface area (Å²) >= 11 is 0. The minimum absolute atomic E-state index is 0.139. The minimum atomic E-state index is -0.139. The van der Waals surface area contributed by atoms with Crippen LogP contribution < -0.4 is 0 Å². The second-order valence-corrected chi connectivity index (χ2v) is 1.98. The van der Waals surface area contributed by atoms with E-state index in [4.69, 9.17) is 0 Å². The zero-order chi connectivity index (χ0) is 4.62. The molecule has 0 bridgehead atoms. The predicted molar refractivity (Wildman–Crippen MR) is 23.1 cm³/mol. The molecule has 0 amide bonds. The fourth-order valence-corrected chi connectivity index (χ4v) is 0.278. The van der Waals surface area contributed by atoms with Crippen LogP contribution in [0, 0.1) is 12.3 Å². The highest BCUT2D eigenvalue weighted by molar-refractivity contribution is 5.64. The Hall–Kier alpha value is -0.330. The lowest BCUT2D eigenvalue weighted by Crippen LogP contribution is -1.90. The molecule has 33 valence electrons. The van der Waals surface area contributed by atoms with Gasteiger partial charge in [-0.25, -0.2) is 0 Å². The molecule has 0 N–H and O–H groups in total. The van der Waals surface area contributed by atoms with Gasteiger partial charge in [-0.15, -0.1) is 0 Å². The summed E-state index contributed by atoms with van der Waals surface area (Å²) in [6, 6.07) is 0. The Kier molecular flexibility index (Phi) is 0.536. The first kappa shape index (κ1) is 3.85. The lowest BCUT2D eigenvalue weighted by atomic mass is 10.2. The standard InChI is InChI=1S/C5H7O/c1-5(4-6)2-3-5/h4H,1-3H2. The Balaban J connectivity index is 2.47. The van der Waals surface area contributed by atoms with Crippen LogP contribution in [0.2, 0.25) is 0 Å². The molecular formula is C5H7O. The molecule has 1 aliphatic rings. The summed E-state index contributed by atoms with van der Waals surface area (Å²) in [7, 11) is 0. The SMILES string of the molecule is [CH2]C1(C=O)CC1. The summed E-state index contributed by atoms with van der Waals surface area (Å²) in [6.45, 7) is 3.63. The third kappa shape index (κ3) is 0.445. The van der Waals surface area contributed by atoms with E-state index in [9.17, 15) is 4.79 Å². The second-order valence-electron chi connectivity index (χ2n) is 1.98. The second kappa shape index (κ2) is 0.837. The molecule has 0 atom stereocenters. The van der Waals surface area contributed by atoms with Crippen LogP contribution in [0.25, 0.3) is 0 Å². The average Bonchev–Trinajstić information content (AvgIpc) is 2.22. The number of hydrogen-bond acceptors (Lipinski definition) is 1. The molecule has 0 spiro atoms. The van der Waals surface area contributed by atoms with E-state index in [0.29, 0.717) is 0 Å². The third-order valence-electron chi connectivity index (χ3n) is 1.14. The highest BCUT2D eigenvalue weighted by Gasteiger charge is 2.36. The zero-order valence-corrected chi connectivity index (χ0v) is 3.61. The van der Waals surface area contributed by atoms with Crippen molar-refractivity contribution in [3.8, 4) is 0 Å². The molecule has 1 rings (SSSR count). The molecule has 0 aromatic heterocycles. The third-order valence-corrected chi connectivity index (χ3v) is 1.14. The molecule has 1 radical (unpaired) electrons. The Morgan fingerprint density at radius 2 is 2.17 bits per heavy atom. The van der Waals surface area contributed by atoms with Gasteiger partial charge in [-0.3, -0.25) is 0 Å². The molecule has 1 aliphatic carbocycles. The monoisotopic (exact) mass is 83.0 g/mol. The predicted octanol–water partition coefficient (Wildman–Crippen LogP) is 0.800. The maximum Gasteiger partial charge on any atom is 0.126 e. The van der Waals surface area contributed by atoms with E-state index in [-0.39, 0.29) is 5.41 Å². The van der Waals surface area contributed by atoms with Crippen molar-refractivity contribution in [3.05, 3.63) is 6.92 Å². The molecular weight excluding hydrogens is 76.1 g/mol. The van der Waals surface area contributed by atoms with Gasteiger partial charge in [-0.1, -0.05) is 0 Å². The lowest BCUT2D eigenvalue weighted by molar-refractivity contribution is -0.110. The quantitative estimate of drug-likeness (QED) is 0.428. The number of carbonyl (C=O) groups excluding carboxylic acids is 1. The maximum absolute atomic E-state index is 9.83. The van der Waals surface area contributed by atoms with Crippen LogP contribution in [-0.4, -0.2) is 6.29 Å². The Morgan fingerprint density at radius 3 is 2.17 bits per heavy atom. The number of aldehydes is 1. The first-order chi connectivity index (χ1) is 2.77. The van der Waals surface area contributed by atoms with Gasteiger partial charge < -0.3 is 4.79 Å². The van der Waals surface area contributed by atoms with Crippen molar-refractivity contribution in [2.75, 3.05) is 0 Å². The first-order valence-electron chi connectivity index (χ1n) is 2.09. The van der Waals surface area contributed by atoms with Crippen LogP contribution in [0.4, 0.5) is 0 Å². The number of hydrogen-bond donors (Lipinski definition) is 0. The van der Waals surface area contributed by atoms with Crippen LogP contribution in [-0.2, 0) is 4.79 Å². The molecule has 0 saturated heterocycles. The van der Waals surface area contributed by atoms with Gasteiger partial charge in [0.2, 0.25) is 0 Å². The largest absolute Gasteiger partial charge is 0.303 e. The Bertz CT molecular complexity index is 72.0. The first-order valence-corrected chi connectivity index (χ1v) is 2.09. The highest BCUT2D eigenvalue weighted by Crippen LogP contribution is 2.41. The Labute approximate surface area is 37.4 Å². The highest BCUT2D eigenvalue weighted by atomic mass is 16.1. The zero-order valence-electron chi connectivity index (χ0n) is 3.61. The lowest BCUT2D eigenvalue weighted by Gasteiger charge is -1.85. The maximum atomic E-state index is 9.83. The van der Waals surface area contributed by atoms with Gasteiger partial charge in [0, 0.05) is 5.41 Å². The fraction of sp³-hybridized carbons (Fsp3) is 0.600. The summed E-state index contributed by atoms with van der Waals surface area (Å²) in [6.07, 6.45) is 2.93. The van der Waals surface area contributed by atoms with Gasteiger partial charge in [-0.05, 0) is 19.8 Å². The average molecular weight is 83.1 g/mol. The van der Waals surface area contributed by atoms with E-state index in [1.165, 1.54) is 0 Å². The van der Waals surface area contributed by atoms with Gasteiger partial charge >= 0.3 is 0 Å². The van der Waals surface area contributed by atoms with Crippen molar-refractivity contribution < 1.29 is 4.79 Å². The Morgan fingerprint density at radius 1 is 1.67 bits per heavy atom. The summed E-state index contributed by atoms with van der Waals surface area (Å²) in [5.41, 5.74) is -0.139. The molecule has 1 saturated carbocycles. The molecule has 0 aromatic rings. The van der Waals surface area contributed by atoms with Crippen LogP contribution in [0.3, 0.4) is 0 Å². The molecule has 0 aromatic carbocycles. The molecule has 0 aliphatic heterocycles. The van der Waals surface area contributed by atoms with Crippen molar-refractivity contribution >= 4 is 6.29 Å². The van der Waals surface area contributed by atoms with Crippen LogP contribution in [0.1, 0.15) is 12.8 Å². The van der Waals surface area contributed by atoms with Crippen LogP contribution >= 0.6 is 0 Å². The van der Waals surface area contributed by atoms with Gasteiger partial charge in [0.15, 0.2) is 0 Å². The smallest absolute Gasteiger partial charge is 0.126 e. The number of carbonyl (C=O) groups is 1. The summed E-state index contributed by atoms with van der Waals surface area (Å²) < 4.78 is 0. The van der Waals surface area contributed by atoms with Gasteiger partial charge in [0.1, 0.15) is 6.29 Å². The normalized spacial score (nSPS) is 26.2. The summed E-state index contributed by atoms with van der Waals surface area (Å²) in [4.78, 5) is 9.83. The topological polar surface area (TPSA) is 17.1 Å². The van der Waals surface area contributed by atoms with E-state index < -0.39 is 0 Å². The van der Waals surface area contributed by atoms with E-state index in [2.05, 4.69) is 6.92 Å². The summed E-state index contributed by atoms with van der Waals surface area (Å²) in [5.74, 6) is 0. The minimum Gasteiger partial charge on any atom is -0.303 e. The molecule has 6 heavy (non-hydrogen) atoms. The van der Waals surface area contributed by atoms with Gasteiger partial charge in [0.25, 0.3) is 0 Å². The molecule has 1 heteroatoms. The summed E-state index contributed by atoms with van der Waals surface area (Å²) in [5, 5.41) is 0. The fourth-order valence-electron chi connectivity index (χ4n) is 0.278. The van der Waals surface area contributed by atoms with Crippen molar-refractivity contribution in [1.29, 1.82) is 0 Å². The van der Waals surface area contributed by atoms with E-state index in [0.717, 1.165) is 19.1 Å². The molecule has 1 nitrogen and oxygen atoms in total. The van der Waals surface area contributed by atoms with Crippen LogP contribution in [0.5, 0.6) is 0 Å². The molecule has 1 fully saturated rings. The van der Waals surface area contributed by atoms with E-state index in [1.54, 1.807) is 0 Å². The van der Waals surface area contributed by atoms with E-state index >= 15 is 0 Å². The van der Waals surface area contributed by atoms with E-state index in [1.807, 2.05) is 0 Å². The molecule has 0 unspecified atom stereocenters. The van der Waals surface area contributed by atoms with Crippen molar-refractivity contribution in [3.63, 3.8) is 0 Å². The van der Waals surface area contributed by atoms with Gasteiger partial charge in [0.05, 0.1) is 0 Å². The van der Waals surface area contributed by atoms with Crippen molar-refractivity contribution in [1.82, 2.24) is 0 Å². The van der Waals surface area contributed by atoms with Gasteiger partial charge in [-0.2, -0.15) is 0 Å². The number of rotatable bonds is 1. The van der Waals surface area contributed by atoms with Crippen molar-refractivity contribution in [2.45, 2.75) is 12.8 Å². The van der Waals surface area contributed by atoms with Crippen LogP contribution in [0.15, 0.2) is 0 Å². The van der Waals surface area contributed by atoms with Crippen molar-refractivity contribution in [2.24, 2.45) is 5.41 Å². The molecule has 0 heterocycles.